The molecule has 0 aliphatic rings. The van der Waals surface area contributed by atoms with Gasteiger partial charge in [0.1, 0.15) is 0 Å². The van der Waals surface area contributed by atoms with Crippen molar-refractivity contribution < 1.29 is 9.53 Å². The van der Waals surface area contributed by atoms with Crippen LogP contribution in [0.4, 0.5) is 5.69 Å². The summed E-state index contributed by atoms with van der Waals surface area (Å²) in [5.74, 6) is -0.289. The molecule has 0 spiro atoms. The van der Waals surface area contributed by atoms with Crippen molar-refractivity contribution in [2.45, 2.75) is 27.0 Å². The van der Waals surface area contributed by atoms with Crippen LogP contribution in [0.2, 0.25) is 0 Å². The molecular formula is C15H20N4O2. The van der Waals surface area contributed by atoms with Crippen LogP contribution in [0.5, 0.6) is 0 Å². The van der Waals surface area contributed by atoms with Crippen LogP contribution in [0.15, 0.2) is 24.3 Å². The Morgan fingerprint density at radius 1 is 1.38 bits per heavy atom. The van der Waals surface area contributed by atoms with E-state index in [9.17, 15) is 4.79 Å². The van der Waals surface area contributed by atoms with Gasteiger partial charge in [-0.05, 0) is 25.0 Å². The molecule has 0 radical (unpaired) electrons. The molecule has 1 aromatic carbocycles. The Kier molecular flexibility index (Phi) is 4.94. The minimum atomic E-state index is -0.289. The monoisotopic (exact) mass is 288 g/mol. The first kappa shape index (κ1) is 15.1. The maximum atomic E-state index is 12.1. The topological polar surface area (TPSA) is 93.0 Å². The van der Waals surface area contributed by atoms with Crippen molar-refractivity contribution in [2.24, 2.45) is 0 Å². The van der Waals surface area contributed by atoms with E-state index in [-0.39, 0.29) is 11.6 Å². The minimum Gasteiger partial charge on any atom is -0.395 e. The summed E-state index contributed by atoms with van der Waals surface area (Å²) in [7, 11) is 0. The number of aryl methyl sites for hydroxylation is 1. The fraction of sp³-hybridized carbons (Fsp3) is 0.333. The van der Waals surface area contributed by atoms with Crippen LogP contribution in [0.25, 0.3) is 0 Å². The number of aromatic nitrogens is 2. The van der Waals surface area contributed by atoms with Gasteiger partial charge in [-0.25, -0.2) is 0 Å². The number of carbonyl (C=O) groups excluding carboxylic acids is 1. The van der Waals surface area contributed by atoms with Gasteiger partial charge in [0, 0.05) is 13.2 Å². The summed E-state index contributed by atoms with van der Waals surface area (Å²) in [6.45, 7) is 5.33. The number of H-pyrrole nitrogens is 1. The Bertz CT molecular complexity index is 622. The number of nitrogens with zero attached hydrogens (tertiary/aromatic N) is 1. The van der Waals surface area contributed by atoms with Gasteiger partial charge in [0.2, 0.25) is 0 Å². The van der Waals surface area contributed by atoms with E-state index in [1.807, 2.05) is 31.2 Å². The van der Waals surface area contributed by atoms with Crippen molar-refractivity contribution in [1.29, 1.82) is 0 Å². The fourth-order valence-corrected chi connectivity index (χ4v) is 1.95. The number of amides is 1. The number of ether oxygens (including phenoxy) is 1. The van der Waals surface area contributed by atoms with Crippen molar-refractivity contribution in [3.63, 3.8) is 0 Å². The predicted molar refractivity (Wildman–Crippen MR) is 80.7 cm³/mol. The van der Waals surface area contributed by atoms with Gasteiger partial charge >= 0.3 is 0 Å². The molecule has 4 N–H and O–H groups in total. The van der Waals surface area contributed by atoms with E-state index in [1.165, 1.54) is 0 Å². The second-order valence-electron chi connectivity index (χ2n) is 4.70. The number of hydrogen-bond acceptors (Lipinski definition) is 4. The van der Waals surface area contributed by atoms with Gasteiger partial charge in [-0.2, -0.15) is 5.10 Å². The summed E-state index contributed by atoms with van der Waals surface area (Å²) < 4.78 is 5.42. The molecule has 2 aromatic rings. The third-order valence-corrected chi connectivity index (χ3v) is 3.23. The van der Waals surface area contributed by atoms with Crippen LogP contribution in [0.3, 0.4) is 0 Å². The highest BCUT2D eigenvalue weighted by Gasteiger charge is 2.15. The number of aromatic amines is 1. The quantitative estimate of drug-likeness (QED) is 0.755. The molecule has 6 nitrogen and oxygen atoms in total. The van der Waals surface area contributed by atoms with E-state index in [0.717, 1.165) is 11.1 Å². The first-order valence-electron chi connectivity index (χ1n) is 6.86. The number of carbonyl (C=O) groups is 1. The molecule has 0 aliphatic heterocycles. The Labute approximate surface area is 123 Å². The summed E-state index contributed by atoms with van der Waals surface area (Å²) in [5, 5.41) is 9.44. The molecule has 1 heterocycles. The Balaban J connectivity index is 2.03. The first-order valence-corrected chi connectivity index (χ1v) is 6.86. The smallest absolute Gasteiger partial charge is 0.274 e. The normalized spacial score (nSPS) is 10.6. The highest BCUT2D eigenvalue weighted by molar-refractivity contribution is 5.97. The molecule has 2 rings (SSSR count). The molecule has 21 heavy (non-hydrogen) atoms. The van der Waals surface area contributed by atoms with Crippen molar-refractivity contribution in [3.8, 4) is 0 Å². The van der Waals surface area contributed by atoms with Gasteiger partial charge < -0.3 is 15.8 Å². The number of rotatable bonds is 6. The third-order valence-electron chi connectivity index (χ3n) is 3.23. The molecule has 0 saturated carbocycles. The standard InChI is InChI=1S/C15H20N4O2/c1-3-21-9-12-7-5-4-6-11(12)8-17-15(20)14-13(16)10(2)18-19-14/h4-7H,3,8-9,16H2,1-2H3,(H,17,20)(H,18,19). The summed E-state index contributed by atoms with van der Waals surface area (Å²) in [6.07, 6.45) is 0. The molecule has 0 saturated heterocycles. The van der Waals surface area contributed by atoms with Crippen molar-refractivity contribution >= 4 is 11.6 Å². The van der Waals surface area contributed by atoms with E-state index in [0.29, 0.717) is 31.1 Å². The lowest BCUT2D eigenvalue weighted by molar-refractivity contribution is 0.0945. The molecule has 1 amide bonds. The second-order valence-corrected chi connectivity index (χ2v) is 4.70. The average molecular weight is 288 g/mol. The molecule has 0 unspecified atom stereocenters. The van der Waals surface area contributed by atoms with Crippen molar-refractivity contribution in [1.82, 2.24) is 15.5 Å². The molecule has 6 heteroatoms. The van der Waals surface area contributed by atoms with E-state index in [2.05, 4.69) is 15.5 Å². The van der Waals surface area contributed by atoms with Gasteiger partial charge in [-0.3, -0.25) is 9.89 Å². The molecule has 0 aliphatic carbocycles. The largest absolute Gasteiger partial charge is 0.395 e. The average Bonchev–Trinajstić information content (AvgIpc) is 2.83. The van der Waals surface area contributed by atoms with Crippen LogP contribution in [-0.2, 0) is 17.9 Å². The van der Waals surface area contributed by atoms with Gasteiger partial charge in [0.25, 0.3) is 5.91 Å². The zero-order valence-electron chi connectivity index (χ0n) is 12.3. The number of anilines is 1. The zero-order valence-corrected chi connectivity index (χ0v) is 12.3. The lowest BCUT2D eigenvalue weighted by atomic mass is 10.1. The first-order chi connectivity index (χ1) is 10.1. The highest BCUT2D eigenvalue weighted by Crippen LogP contribution is 2.13. The summed E-state index contributed by atoms with van der Waals surface area (Å²) in [4.78, 5) is 12.1. The summed E-state index contributed by atoms with van der Waals surface area (Å²) in [5.41, 5.74) is 9.18. The lowest BCUT2D eigenvalue weighted by Crippen LogP contribution is -2.24. The van der Waals surface area contributed by atoms with E-state index >= 15 is 0 Å². The van der Waals surface area contributed by atoms with Gasteiger partial charge in [0.15, 0.2) is 5.69 Å². The molecule has 1 aromatic heterocycles. The van der Waals surface area contributed by atoms with Crippen molar-refractivity contribution in [2.75, 3.05) is 12.3 Å². The lowest BCUT2D eigenvalue weighted by Gasteiger charge is -2.10. The number of hydrogen-bond donors (Lipinski definition) is 3. The SMILES string of the molecule is CCOCc1ccccc1CNC(=O)c1n[nH]c(C)c1N. The van der Waals surface area contributed by atoms with Gasteiger partial charge in [-0.15, -0.1) is 0 Å². The number of nitrogens with two attached hydrogens (primary N) is 1. The van der Waals surface area contributed by atoms with Gasteiger partial charge in [0.05, 0.1) is 18.0 Å². The van der Waals surface area contributed by atoms with E-state index in [4.69, 9.17) is 10.5 Å². The molecule has 0 bridgehead atoms. The number of nitrogens with one attached hydrogen (secondary N) is 2. The third kappa shape index (κ3) is 3.61. The number of nitrogen functional groups attached to an aromatic ring is 1. The minimum absolute atomic E-state index is 0.231. The molecular weight excluding hydrogens is 268 g/mol. The van der Waals surface area contributed by atoms with Crippen LogP contribution in [0.1, 0.15) is 34.2 Å². The summed E-state index contributed by atoms with van der Waals surface area (Å²) >= 11 is 0. The van der Waals surface area contributed by atoms with E-state index < -0.39 is 0 Å². The second kappa shape index (κ2) is 6.90. The fourth-order valence-electron chi connectivity index (χ4n) is 1.95. The van der Waals surface area contributed by atoms with Crippen LogP contribution < -0.4 is 11.1 Å². The molecule has 0 atom stereocenters. The Hall–Kier alpha value is -2.34. The van der Waals surface area contributed by atoms with Crippen LogP contribution >= 0.6 is 0 Å². The van der Waals surface area contributed by atoms with Gasteiger partial charge in [-0.1, -0.05) is 24.3 Å². The Morgan fingerprint density at radius 3 is 2.71 bits per heavy atom. The number of benzene rings is 1. The Morgan fingerprint density at radius 2 is 2.10 bits per heavy atom. The summed E-state index contributed by atoms with van der Waals surface area (Å²) in [6, 6.07) is 7.84. The van der Waals surface area contributed by atoms with Crippen LogP contribution in [-0.4, -0.2) is 22.7 Å². The van der Waals surface area contributed by atoms with Crippen molar-refractivity contribution in [3.05, 3.63) is 46.8 Å². The zero-order chi connectivity index (χ0) is 15.2. The molecule has 0 fully saturated rings. The van der Waals surface area contributed by atoms with Crippen LogP contribution in [0, 0.1) is 6.92 Å². The highest BCUT2D eigenvalue weighted by atomic mass is 16.5. The maximum absolute atomic E-state index is 12.1. The van der Waals surface area contributed by atoms with E-state index in [1.54, 1.807) is 6.92 Å². The maximum Gasteiger partial charge on any atom is 0.274 e. The predicted octanol–water partition coefficient (Wildman–Crippen LogP) is 1.77. The molecule has 112 valence electrons.